The van der Waals surface area contributed by atoms with Crippen molar-refractivity contribution in [2.75, 3.05) is 5.73 Å². The SMILES string of the molecule is CCCCCC1=c2nc3ccc(N)cc3[s+]c2=C(CCCCC)C(N)(CCCCC)C1CCCCC. The maximum absolute atomic E-state index is 7.73. The van der Waals surface area contributed by atoms with Crippen molar-refractivity contribution in [3.63, 3.8) is 0 Å². The first kappa shape index (κ1) is 29.0. The molecular formula is C32H52N3S+. The van der Waals surface area contributed by atoms with Crippen LogP contribution in [0.5, 0.6) is 0 Å². The van der Waals surface area contributed by atoms with Gasteiger partial charge in [0.05, 0.1) is 0 Å². The van der Waals surface area contributed by atoms with E-state index in [1.54, 1.807) is 5.57 Å². The van der Waals surface area contributed by atoms with Gasteiger partial charge in [-0.15, -0.1) is 0 Å². The summed E-state index contributed by atoms with van der Waals surface area (Å²) in [5.41, 5.74) is 18.6. The standard InChI is InChI=1S/C32H52N3S/c1-5-9-13-17-25-26(18-14-10-6-2)32(34,22-16-12-8-4)27(19-15-11-7-3)31-30(25)35-28-21-20-24(33)23-29(28)36-31/h20-21,23,26H,5-19,22,33-34H2,1-4H3/q+1. The molecule has 0 aliphatic heterocycles. The summed E-state index contributed by atoms with van der Waals surface area (Å²) in [7, 11) is 0. The maximum Gasteiger partial charge on any atom is 0.259 e. The summed E-state index contributed by atoms with van der Waals surface area (Å²) in [6.45, 7) is 9.20. The van der Waals surface area contributed by atoms with E-state index in [1.165, 1.54) is 104 Å². The van der Waals surface area contributed by atoms with E-state index in [1.807, 2.05) is 17.4 Å². The summed E-state index contributed by atoms with van der Waals surface area (Å²) in [6.07, 6.45) is 19.5. The Morgan fingerprint density at radius 2 is 1.47 bits per heavy atom. The van der Waals surface area contributed by atoms with Crippen LogP contribution in [0, 0.1) is 5.92 Å². The second-order valence-electron chi connectivity index (χ2n) is 11.1. The van der Waals surface area contributed by atoms with E-state index in [2.05, 4.69) is 39.8 Å². The minimum Gasteiger partial charge on any atom is -0.399 e. The number of nitrogen functional groups attached to an aromatic ring is 1. The molecule has 3 rings (SSSR count). The number of anilines is 1. The molecule has 4 heteroatoms. The lowest BCUT2D eigenvalue weighted by molar-refractivity contribution is 0.332. The summed E-state index contributed by atoms with van der Waals surface area (Å²) in [6, 6.07) is 6.21. The van der Waals surface area contributed by atoms with Crippen molar-refractivity contribution in [1.82, 2.24) is 4.98 Å². The molecule has 3 nitrogen and oxygen atoms in total. The van der Waals surface area contributed by atoms with E-state index in [0.717, 1.165) is 30.5 Å². The predicted octanol–water partition coefficient (Wildman–Crippen LogP) is 8.11. The van der Waals surface area contributed by atoms with Crippen LogP contribution in [0.4, 0.5) is 5.69 Å². The van der Waals surface area contributed by atoms with E-state index >= 15 is 0 Å². The fourth-order valence-corrected chi connectivity index (χ4v) is 7.46. The highest BCUT2D eigenvalue weighted by Gasteiger charge is 2.45. The molecule has 0 saturated carbocycles. The Hall–Kier alpha value is -1.52. The minimum atomic E-state index is -0.253. The zero-order chi connectivity index (χ0) is 26.0. The van der Waals surface area contributed by atoms with Gasteiger partial charge >= 0.3 is 0 Å². The van der Waals surface area contributed by atoms with E-state index in [0.29, 0.717) is 5.92 Å². The van der Waals surface area contributed by atoms with Crippen LogP contribution >= 0.6 is 11.3 Å². The zero-order valence-electron chi connectivity index (χ0n) is 23.6. The third-order valence-corrected chi connectivity index (χ3v) is 9.39. The summed E-state index contributed by atoms with van der Waals surface area (Å²) >= 11 is 1.90. The maximum atomic E-state index is 7.73. The monoisotopic (exact) mass is 510 g/mol. The Morgan fingerprint density at radius 1 is 0.833 bits per heavy atom. The van der Waals surface area contributed by atoms with Crippen LogP contribution in [0.25, 0.3) is 21.4 Å². The third kappa shape index (κ3) is 6.86. The van der Waals surface area contributed by atoms with Gasteiger partial charge in [-0.25, -0.2) is 4.98 Å². The Balaban J connectivity index is 2.31. The second-order valence-corrected chi connectivity index (χ2v) is 12.1. The summed E-state index contributed by atoms with van der Waals surface area (Å²) < 4.78 is 2.57. The number of aromatic nitrogens is 1. The fraction of sp³-hybridized carbons (Fsp3) is 0.688. The molecule has 0 fully saturated rings. The minimum absolute atomic E-state index is 0.253. The molecule has 0 spiro atoms. The molecule has 2 atom stereocenters. The molecule has 36 heavy (non-hydrogen) atoms. The van der Waals surface area contributed by atoms with E-state index in [4.69, 9.17) is 16.5 Å². The number of nitrogens with zero attached hydrogens (tertiary/aromatic N) is 1. The zero-order valence-corrected chi connectivity index (χ0v) is 24.4. The van der Waals surface area contributed by atoms with Gasteiger partial charge in [0.1, 0.15) is 10.9 Å². The number of benzene rings is 1. The lowest BCUT2D eigenvalue weighted by Crippen LogP contribution is -2.57. The average molecular weight is 511 g/mol. The molecule has 2 aromatic rings. The van der Waals surface area contributed by atoms with Gasteiger partial charge in [0.25, 0.3) is 9.23 Å². The first-order chi connectivity index (χ1) is 17.5. The molecule has 1 aromatic heterocycles. The molecule has 0 amide bonds. The van der Waals surface area contributed by atoms with Crippen molar-refractivity contribution in [1.29, 1.82) is 0 Å². The van der Waals surface area contributed by atoms with Crippen LogP contribution in [0.2, 0.25) is 0 Å². The molecule has 1 aliphatic carbocycles. The van der Waals surface area contributed by atoms with Gasteiger partial charge < -0.3 is 11.5 Å². The van der Waals surface area contributed by atoms with Crippen molar-refractivity contribution in [2.24, 2.45) is 11.7 Å². The summed E-state index contributed by atoms with van der Waals surface area (Å²) in [5, 5.41) is 1.28. The Labute approximate surface area is 224 Å². The number of nitrogens with two attached hydrogens (primary N) is 2. The largest absolute Gasteiger partial charge is 0.399 e. The van der Waals surface area contributed by atoms with Crippen LogP contribution in [0.1, 0.15) is 130 Å². The number of rotatable bonds is 16. The molecule has 2 unspecified atom stereocenters. The average Bonchev–Trinajstić information content (AvgIpc) is 2.87. The molecule has 4 N–H and O–H groups in total. The van der Waals surface area contributed by atoms with Crippen molar-refractivity contribution < 1.29 is 0 Å². The highest BCUT2D eigenvalue weighted by atomic mass is 32.1. The highest BCUT2D eigenvalue weighted by Crippen LogP contribution is 2.43. The van der Waals surface area contributed by atoms with E-state index < -0.39 is 0 Å². The van der Waals surface area contributed by atoms with Crippen molar-refractivity contribution in [3.8, 4) is 0 Å². The Morgan fingerprint density at radius 3 is 2.17 bits per heavy atom. The van der Waals surface area contributed by atoms with Crippen LogP contribution in [-0.2, 0) is 0 Å². The summed E-state index contributed by atoms with van der Waals surface area (Å²) in [4.78, 5) is 5.38. The molecule has 1 aromatic carbocycles. The van der Waals surface area contributed by atoms with Crippen LogP contribution in [0.3, 0.4) is 0 Å². The third-order valence-electron chi connectivity index (χ3n) is 8.20. The van der Waals surface area contributed by atoms with Gasteiger partial charge in [-0.2, -0.15) is 0 Å². The number of hydrogen-bond acceptors (Lipinski definition) is 3. The fourth-order valence-electron chi connectivity index (χ4n) is 6.13. The van der Waals surface area contributed by atoms with Gasteiger partial charge in [-0.1, -0.05) is 91.9 Å². The van der Waals surface area contributed by atoms with Crippen LogP contribution < -0.4 is 21.3 Å². The van der Waals surface area contributed by atoms with E-state index in [-0.39, 0.29) is 5.54 Å². The quantitative estimate of drug-likeness (QED) is 0.136. The van der Waals surface area contributed by atoms with Crippen molar-refractivity contribution in [3.05, 3.63) is 28.1 Å². The second kappa shape index (κ2) is 14.4. The normalized spacial score (nSPS) is 19.8. The molecule has 1 aliphatic rings. The van der Waals surface area contributed by atoms with Gasteiger partial charge in [-0.3, -0.25) is 0 Å². The van der Waals surface area contributed by atoms with Crippen LogP contribution in [0.15, 0.2) is 18.2 Å². The lowest BCUT2D eigenvalue weighted by Gasteiger charge is -2.42. The van der Waals surface area contributed by atoms with Crippen molar-refractivity contribution in [2.45, 2.75) is 136 Å². The number of unbranched alkanes of at least 4 members (excludes halogenated alkanes) is 8. The number of hydrogen-bond donors (Lipinski definition) is 2. The summed E-state index contributed by atoms with van der Waals surface area (Å²) in [5.74, 6) is 0.410. The smallest absolute Gasteiger partial charge is 0.259 e. The van der Waals surface area contributed by atoms with Gasteiger partial charge in [0.2, 0.25) is 11.3 Å². The lowest BCUT2D eigenvalue weighted by atomic mass is 9.65. The molecule has 1 heterocycles. The van der Waals surface area contributed by atoms with Gasteiger partial charge in [0, 0.05) is 28.8 Å². The highest BCUT2D eigenvalue weighted by molar-refractivity contribution is 7.16. The molecule has 200 valence electrons. The van der Waals surface area contributed by atoms with E-state index in [9.17, 15) is 0 Å². The van der Waals surface area contributed by atoms with Gasteiger partial charge in [-0.05, 0) is 56.2 Å². The molecule has 0 bridgehead atoms. The Bertz CT molecular complexity index is 1090. The Kier molecular flexibility index (Phi) is 11.6. The molecular weight excluding hydrogens is 458 g/mol. The first-order valence-corrected chi connectivity index (χ1v) is 15.9. The van der Waals surface area contributed by atoms with Crippen molar-refractivity contribution >= 4 is 38.4 Å². The topological polar surface area (TPSA) is 64.9 Å². The van der Waals surface area contributed by atoms with Gasteiger partial charge in [0.15, 0.2) is 0 Å². The molecule has 0 radical (unpaired) electrons. The van der Waals surface area contributed by atoms with Crippen LogP contribution in [-0.4, -0.2) is 10.5 Å². The molecule has 0 saturated heterocycles. The first-order valence-electron chi connectivity index (χ1n) is 15.0. The number of fused-ring (bicyclic) bond motifs is 2. The predicted molar refractivity (Wildman–Crippen MR) is 161 cm³/mol.